The van der Waals surface area contributed by atoms with Gasteiger partial charge >= 0.3 is 12.0 Å². The summed E-state index contributed by atoms with van der Waals surface area (Å²) in [5, 5.41) is 11.8. The SMILES string of the molecule is COc1cccc([C@H]2NC(=O)OCC2(F)F)c1O. The van der Waals surface area contributed by atoms with E-state index in [4.69, 9.17) is 4.74 Å². The molecule has 7 heteroatoms. The third kappa shape index (κ3) is 2.03. The number of alkyl halides is 2. The van der Waals surface area contributed by atoms with Gasteiger partial charge in [0.2, 0.25) is 0 Å². The number of alkyl carbamates (subject to hydrolysis) is 1. The molecule has 5 nitrogen and oxygen atoms in total. The van der Waals surface area contributed by atoms with Gasteiger partial charge < -0.3 is 19.9 Å². The summed E-state index contributed by atoms with van der Waals surface area (Å²) in [6, 6.07) is 2.53. The van der Waals surface area contributed by atoms with Crippen LogP contribution in [0, 0.1) is 0 Å². The summed E-state index contributed by atoms with van der Waals surface area (Å²) in [7, 11) is 1.31. The van der Waals surface area contributed by atoms with Crippen LogP contribution in [0.3, 0.4) is 0 Å². The molecule has 1 aliphatic heterocycles. The van der Waals surface area contributed by atoms with Gasteiger partial charge in [0.15, 0.2) is 18.1 Å². The molecule has 1 atom stereocenters. The van der Waals surface area contributed by atoms with E-state index >= 15 is 0 Å². The molecule has 1 amide bonds. The fraction of sp³-hybridized carbons (Fsp3) is 0.364. The van der Waals surface area contributed by atoms with Gasteiger partial charge in [0, 0.05) is 5.56 Å². The van der Waals surface area contributed by atoms with E-state index in [0.29, 0.717) is 0 Å². The summed E-state index contributed by atoms with van der Waals surface area (Å²) in [5.41, 5.74) is -0.115. The number of halogens is 2. The highest BCUT2D eigenvalue weighted by Crippen LogP contribution is 2.41. The molecule has 1 aliphatic rings. The first-order valence-corrected chi connectivity index (χ1v) is 5.12. The number of carbonyl (C=O) groups excluding carboxylic acids is 1. The number of carbonyl (C=O) groups is 1. The monoisotopic (exact) mass is 259 g/mol. The lowest BCUT2D eigenvalue weighted by atomic mass is 9.99. The number of cyclic esters (lactones) is 1. The van der Waals surface area contributed by atoms with Crippen molar-refractivity contribution in [3.05, 3.63) is 23.8 Å². The summed E-state index contributed by atoms with van der Waals surface area (Å²) in [6.07, 6.45) is -0.951. The summed E-state index contributed by atoms with van der Waals surface area (Å²) in [5.74, 6) is -3.67. The van der Waals surface area contributed by atoms with Crippen molar-refractivity contribution in [2.24, 2.45) is 0 Å². The molecule has 2 rings (SSSR count). The number of ether oxygens (including phenoxy) is 2. The van der Waals surface area contributed by atoms with E-state index in [1.807, 2.05) is 5.32 Å². The second-order valence-electron chi connectivity index (χ2n) is 3.81. The normalized spacial score (nSPS) is 21.9. The van der Waals surface area contributed by atoms with E-state index < -0.39 is 30.4 Å². The van der Waals surface area contributed by atoms with Crippen molar-refractivity contribution in [2.75, 3.05) is 13.7 Å². The van der Waals surface area contributed by atoms with Gasteiger partial charge in [0.25, 0.3) is 0 Å². The molecule has 18 heavy (non-hydrogen) atoms. The minimum absolute atomic E-state index is 0.0593. The first-order valence-electron chi connectivity index (χ1n) is 5.12. The fourth-order valence-corrected chi connectivity index (χ4v) is 1.75. The molecular formula is C11H11F2NO4. The van der Waals surface area contributed by atoms with Crippen molar-refractivity contribution in [3.63, 3.8) is 0 Å². The molecule has 0 aliphatic carbocycles. The van der Waals surface area contributed by atoms with Crippen LogP contribution >= 0.6 is 0 Å². The molecule has 0 saturated carbocycles. The fourth-order valence-electron chi connectivity index (χ4n) is 1.75. The zero-order valence-electron chi connectivity index (χ0n) is 9.44. The summed E-state index contributed by atoms with van der Waals surface area (Å²) < 4.78 is 36.4. The van der Waals surface area contributed by atoms with Gasteiger partial charge in [-0.1, -0.05) is 12.1 Å². The topological polar surface area (TPSA) is 67.8 Å². The van der Waals surface area contributed by atoms with Crippen LogP contribution in [0.1, 0.15) is 11.6 Å². The van der Waals surface area contributed by atoms with Gasteiger partial charge in [-0.3, -0.25) is 0 Å². The summed E-state index contributed by atoms with van der Waals surface area (Å²) >= 11 is 0. The smallest absolute Gasteiger partial charge is 0.408 e. The highest BCUT2D eigenvalue weighted by Gasteiger charge is 2.48. The number of aromatic hydroxyl groups is 1. The molecule has 0 spiro atoms. The number of hydrogen-bond acceptors (Lipinski definition) is 4. The van der Waals surface area contributed by atoms with E-state index in [1.54, 1.807) is 0 Å². The predicted molar refractivity (Wildman–Crippen MR) is 56.8 cm³/mol. The Hall–Kier alpha value is -2.05. The molecule has 1 saturated heterocycles. The number of rotatable bonds is 2. The molecular weight excluding hydrogens is 248 g/mol. The number of amides is 1. The lowest BCUT2D eigenvalue weighted by Crippen LogP contribution is -2.49. The van der Waals surface area contributed by atoms with E-state index in [-0.39, 0.29) is 11.3 Å². The number of hydrogen-bond donors (Lipinski definition) is 2. The minimum Gasteiger partial charge on any atom is -0.504 e. The van der Waals surface area contributed by atoms with Crippen molar-refractivity contribution in [1.82, 2.24) is 5.32 Å². The van der Waals surface area contributed by atoms with E-state index in [1.165, 1.54) is 25.3 Å². The maximum absolute atomic E-state index is 13.7. The first-order chi connectivity index (χ1) is 8.45. The first kappa shape index (κ1) is 12.4. The number of phenolic OH excluding ortho intramolecular Hbond substituents is 1. The molecule has 0 bridgehead atoms. The maximum atomic E-state index is 13.7. The largest absolute Gasteiger partial charge is 0.504 e. The number of para-hydroxylation sites is 1. The highest BCUT2D eigenvalue weighted by atomic mass is 19.3. The molecule has 0 aromatic heterocycles. The lowest BCUT2D eigenvalue weighted by Gasteiger charge is -2.32. The van der Waals surface area contributed by atoms with Crippen LogP contribution in [-0.4, -0.2) is 30.8 Å². The van der Waals surface area contributed by atoms with Gasteiger partial charge in [0.05, 0.1) is 7.11 Å². The van der Waals surface area contributed by atoms with Gasteiger partial charge in [-0.15, -0.1) is 0 Å². The van der Waals surface area contributed by atoms with E-state index in [0.717, 1.165) is 0 Å². The standard InChI is InChI=1S/C11H11F2NO4/c1-17-7-4-2-3-6(8(7)15)9-11(12,13)5-18-10(16)14-9/h2-4,9,15H,5H2,1H3,(H,14,16)/t9-/m1/s1. The maximum Gasteiger partial charge on any atom is 0.408 e. The molecule has 1 aromatic rings. The van der Waals surface area contributed by atoms with Crippen molar-refractivity contribution >= 4 is 6.09 Å². The Kier molecular flexibility index (Phi) is 2.98. The third-order valence-corrected chi connectivity index (χ3v) is 2.64. The Labute approximate surface area is 101 Å². The Morgan fingerprint density at radius 1 is 1.56 bits per heavy atom. The van der Waals surface area contributed by atoms with Crippen molar-refractivity contribution < 1.29 is 28.2 Å². The number of nitrogens with one attached hydrogen (secondary N) is 1. The van der Waals surface area contributed by atoms with Crippen molar-refractivity contribution in [3.8, 4) is 11.5 Å². The average Bonchev–Trinajstić information content (AvgIpc) is 2.33. The molecule has 0 unspecified atom stereocenters. The number of benzene rings is 1. The number of methoxy groups -OCH3 is 1. The van der Waals surface area contributed by atoms with Crippen LogP contribution < -0.4 is 10.1 Å². The molecule has 1 heterocycles. The molecule has 98 valence electrons. The van der Waals surface area contributed by atoms with Gasteiger partial charge in [-0.2, -0.15) is 0 Å². The molecule has 1 aromatic carbocycles. The minimum atomic E-state index is -3.31. The highest BCUT2D eigenvalue weighted by molar-refractivity contribution is 5.69. The van der Waals surface area contributed by atoms with Gasteiger partial charge in [0.1, 0.15) is 6.04 Å². The van der Waals surface area contributed by atoms with Crippen LogP contribution in [-0.2, 0) is 4.74 Å². The molecule has 1 fully saturated rings. The summed E-state index contributed by atoms with van der Waals surface area (Å²) in [4.78, 5) is 11.0. The number of phenols is 1. The van der Waals surface area contributed by atoms with Crippen LogP contribution in [0.15, 0.2) is 18.2 Å². The Morgan fingerprint density at radius 3 is 2.94 bits per heavy atom. The van der Waals surface area contributed by atoms with Crippen LogP contribution in [0.4, 0.5) is 13.6 Å². The predicted octanol–water partition coefficient (Wildman–Crippen LogP) is 1.82. The zero-order valence-corrected chi connectivity index (χ0v) is 9.44. The van der Waals surface area contributed by atoms with Crippen molar-refractivity contribution in [1.29, 1.82) is 0 Å². The Bertz CT molecular complexity index is 478. The lowest BCUT2D eigenvalue weighted by molar-refractivity contribution is -0.104. The van der Waals surface area contributed by atoms with Crippen LogP contribution in [0.2, 0.25) is 0 Å². The van der Waals surface area contributed by atoms with E-state index in [9.17, 15) is 18.7 Å². The second-order valence-corrected chi connectivity index (χ2v) is 3.81. The van der Waals surface area contributed by atoms with Crippen molar-refractivity contribution in [2.45, 2.75) is 12.0 Å². The van der Waals surface area contributed by atoms with Gasteiger partial charge in [-0.05, 0) is 6.07 Å². The van der Waals surface area contributed by atoms with E-state index in [2.05, 4.69) is 4.74 Å². The Morgan fingerprint density at radius 2 is 2.28 bits per heavy atom. The van der Waals surface area contributed by atoms with Crippen LogP contribution in [0.25, 0.3) is 0 Å². The quantitative estimate of drug-likeness (QED) is 0.850. The van der Waals surface area contributed by atoms with Gasteiger partial charge in [-0.25, -0.2) is 13.6 Å². The second kappa shape index (κ2) is 4.32. The van der Waals surface area contributed by atoms with Crippen LogP contribution in [0.5, 0.6) is 11.5 Å². The molecule has 0 radical (unpaired) electrons. The Balaban J connectivity index is 2.43. The third-order valence-electron chi connectivity index (χ3n) is 2.64. The molecule has 2 N–H and O–H groups in total. The zero-order chi connectivity index (χ0) is 13.3. The average molecular weight is 259 g/mol. The summed E-state index contributed by atoms with van der Waals surface area (Å²) in [6.45, 7) is -1.03.